The standard InChI is InChI=1S/C15H10FNOS/c1-9-2-3-11(8-17-9)15(18)14-6-10-4-5-12(16)7-13(10)19-14/h2-8H,1H3. The summed E-state index contributed by atoms with van der Waals surface area (Å²) in [7, 11) is 0. The Hall–Kier alpha value is -2.07. The summed E-state index contributed by atoms with van der Waals surface area (Å²) in [5, 5.41) is 0.884. The molecule has 2 heterocycles. The second kappa shape index (κ2) is 4.55. The first-order valence-electron chi connectivity index (χ1n) is 5.80. The van der Waals surface area contributed by atoms with Crippen LogP contribution in [-0.2, 0) is 0 Å². The lowest BCUT2D eigenvalue weighted by Gasteiger charge is -1.97. The summed E-state index contributed by atoms with van der Waals surface area (Å²) in [6.07, 6.45) is 1.57. The number of fused-ring (bicyclic) bond motifs is 1. The summed E-state index contributed by atoms with van der Waals surface area (Å²) in [5.74, 6) is -0.362. The summed E-state index contributed by atoms with van der Waals surface area (Å²) in [4.78, 5) is 17.0. The maximum absolute atomic E-state index is 13.1. The van der Waals surface area contributed by atoms with Crippen molar-refractivity contribution < 1.29 is 9.18 Å². The molecule has 0 saturated carbocycles. The molecule has 0 aliphatic carbocycles. The molecule has 0 radical (unpaired) electrons. The number of halogens is 1. The van der Waals surface area contributed by atoms with E-state index in [0.717, 1.165) is 15.8 Å². The molecular weight excluding hydrogens is 261 g/mol. The second-order valence-corrected chi connectivity index (χ2v) is 5.39. The molecule has 2 aromatic heterocycles. The van der Waals surface area contributed by atoms with Gasteiger partial charge in [-0.2, -0.15) is 0 Å². The van der Waals surface area contributed by atoms with Crippen molar-refractivity contribution in [1.29, 1.82) is 0 Å². The van der Waals surface area contributed by atoms with Crippen LogP contribution in [0.25, 0.3) is 10.1 Å². The number of benzene rings is 1. The van der Waals surface area contributed by atoms with Gasteiger partial charge < -0.3 is 0 Å². The molecule has 0 unspecified atom stereocenters. The molecule has 2 nitrogen and oxygen atoms in total. The van der Waals surface area contributed by atoms with Gasteiger partial charge in [0.1, 0.15) is 5.82 Å². The van der Waals surface area contributed by atoms with E-state index in [-0.39, 0.29) is 11.6 Å². The maximum atomic E-state index is 13.1. The number of ketones is 1. The van der Waals surface area contributed by atoms with E-state index in [2.05, 4.69) is 4.98 Å². The Bertz CT molecular complexity index is 761. The van der Waals surface area contributed by atoms with Crippen molar-refractivity contribution in [3.63, 3.8) is 0 Å². The minimum Gasteiger partial charge on any atom is -0.288 e. The Morgan fingerprint density at radius 3 is 2.79 bits per heavy atom. The molecule has 0 aliphatic rings. The van der Waals surface area contributed by atoms with Crippen LogP contribution in [0.1, 0.15) is 20.9 Å². The van der Waals surface area contributed by atoms with Gasteiger partial charge in [0.2, 0.25) is 5.78 Å². The fourth-order valence-electron chi connectivity index (χ4n) is 1.86. The van der Waals surface area contributed by atoms with E-state index < -0.39 is 0 Å². The van der Waals surface area contributed by atoms with Crippen LogP contribution in [0.15, 0.2) is 42.6 Å². The first-order chi connectivity index (χ1) is 9.13. The van der Waals surface area contributed by atoms with Gasteiger partial charge in [-0.1, -0.05) is 6.07 Å². The molecule has 1 aromatic carbocycles. The van der Waals surface area contributed by atoms with Crippen LogP contribution in [0.4, 0.5) is 4.39 Å². The number of carbonyl (C=O) groups excluding carboxylic acids is 1. The zero-order chi connectivity index (χ0) is 13.4. The number of rotatable bonds is 2. The van der Waals surface area contributed by atoms with Crippen LogP contribution in [-0.4, -0.2) is 10.8 Å². The molecule has 19 heavy (non-hydrogen) atoms. The predicted octanol–water partition coefficient (Wildman–Crippen LogP) is 3.97. The Labute approximate surface area is 113 Å². The molecule has 94 valence electrons. The highest BCUT2D eigenvalue weighted by Crippen LogP contribution is 2.28. The largest absolute Gasteiger partial charge is 0.288 e. The van der Waals surface area contributed by atoms with Crippen molar-refractivity contribution in [1.82, 2.24) is 4.98 Å². The van der Waals surface area contributed by atoms with Gasteiger partial charge >= 0.3 is 0 Å². The third-order valence-corrected chi connectivity index (χ3v) is 3.98. The number of pyridine rings is 1. The molecule has 0 atom stereocenters. The smallest absolute Gasteiger partial charge is 0.204 e. The van der Waals surface area contributed by atoms with Crippen molar-refractivity contribution in [3.8, 4) is 0 Å². The summed E-state index contributed by atoms with van der Waals surface area (Å²) < 4.78 is 13.9. The molecular formula is C15H10FNOS. The first-order valence-corrected chi connectivity index (χ1v) is 6.61. The quantitative estimate of drug-likeness (QED) is 0.660. The highest BCUT2D eigenvalue weighted by Gasteiger charge is 2.13. The molecule has 3 aromatic rings. The van der Waals surface area contributed by atoms with Crippen LogP contribution >= 0.6 is 11.3 Å². The lowest BCUT2D eigenvalue weighted by molar-refractivity contribution is 0.104. The topological polar surface area (TPSA) is 30.0 Å². The van der Waals surface area contributed by atoms with E-state index in [4.69, 9.17) is 0 Å². The minimum atomic E-state index is -0.287. The van der Waals surface area contributed by atoms with Gasteiger partial charge in [0.15, 0.2) is 0 Å². The average molecular weight is 271 g/mol. The fraction of sp³-hybridized carbons (Fsp3) is 0.0667. The Kier molecular flexibility index (Phi) is 2.87. The number of nitrogens with zero attached hydrogens (tertiary/aromatic N) is 1. The highest BCUT2D eigenvalue weighted by atomic mass is 32.1. The Morgan fingerprint density at radius 2 is 2.05 bits per heavy atom. The lowest BCUT2D eigenvalue weighted by Crippen LogP contribution is -1.99. The third-order valence-electron chi connectivity index (χ3n) is 2.88. The van der Waals surface area contributed by atoms with Gasteiger partial charge in [-0.3, -0.25) is 9.78 Å². The molecule has 0 saturated heterocycles. The number of aromatic nitrogens is 1. The predicted molar refractivity (Wildman–Crippen MR) is 74.2 cm³/mol. The molecule has 0 aliphatic heterocycles. The summed E-state index contributed by atoms with van der Waals surface area (Å²) in [6, 6.07) is 9.89. The van der Waals surface area contributed by atoms with Crippen molar-refractivity contribution >= 4 is 27.2 Å². The van der Waals surface area contributed by atoms with Gasteiger partial charge in [0, 0.05) is 22.2 Å². The zero-order valence-corrected chi connectivity index (χ0v) is 11.0. The summed E-state index contributed by atoms with van der Waals surface area (Å²) >= 11 is 1.30. The van der Waals surface area contributed by atoms with Crippen molar-refractivity contribution in [2.45, 2.75) is 6.92 Å². The van der Waals surface area contributed by atoms with E-state index >= 15 is 0 Å². The van der Waals surface area contributed by atoms with Gasteiger partial charge in [0.25, 0.3) is 0 Å². The van der Waals surface area contributed by atoms with Crippen molar-refractivity contribution in [3.05, 3.63) is 64.5 Å². The highest BCUT2D eigenvalue weighted by molar-refractivity contribution is 7.21. The van der Waals surface area contributed by atoms with Gasteiger partial charge in [-0.15, -0.1) is 11.3 Å². The van der Waals surface area contributed by atoms with Crippen LogP contribution in [0.5, 0.6) is 0 Å². The Morgan fingerprint density at radius 1 is 1.21 bits per heavy atom. The van der Waals surface area contributed by atoms with Crippen LogP contribution in [0.3, 0.4) is 0 Å². The summed E-state index contributed by atoms with van der Waals surface area (Å²) in [6.45, 7) is 1.87. The molecule has 0 amide bonds. The average Bonchev–Trinajstić information content (AvgIpc) is 2.81. The SMILES string of the molecule is Cc1ccc(C(=O)c2cc3ccc(F)cc3s2)cn1. The summed E-state index contributed by atoms with van der Waals surface area (Å²) in [5.41, 5.74) is 1.42. The second-order valence-electron chi connectivity index (χ2n) is 4.31. The van der Waals surface area contributed by atoms with E-state index in [1.54, 1.807) is 30.5 Å². The van der Waals surface area contributed by atoms with E-state index in [1.165, 1.54) is 23.5 Å². The molecule has 0 N–H and O–H groups in total. The third kappa shape index (κ3) is 2.27. The maximum Gasteiger partial charge on any atom is 0.204 e. The normalized spacial score (nSPS) is 10.8. The van der Waals surface area contributed by atoms with E-state index in [9.17, 15) is 9.18 Å². The van der Waals surface area contributed by atoms with Gasteiger partial charge in [-0.05, 0) is 42.6 Å². The molecule has 4 heteroatoms. The van der Waals surface area contributed by atoms with Crippen LogP contribution in [0.2, 0.25) is 0 Å². The minimum absolute atomic E-state index is 0.0749. The molecule has 0 fully saturated rings. The number of thiophene rings is 1. The molecule has 0 bridgehead atoms. The van der Waals surface area contributed by atoms with E-state index in [1.807, 2.05) is 6.92 Å². The lowest BCUT2D eigenvalue weighted by atomic mass is 10.1. The molecule has 3 rings (SSSR count). The molecule has 0 spiro atoms. The number of aryl methyl sites for hydroxylation is 1. The van der Waals surface area contributed by atoms with Crippen molar-refractivity contribution in [2.24, 2.45) is 0 Å². The van der Waals surface area contributed by atoms with Gasteiger partial charge in [0.05, 0.1) is 4.88 Å². The monoisotopic (exact) mass is 271 g/mol. The van der Waals surface area contributed by atoms with Crippen molar-refractivity contribution in [2.75, 3.05) is 0 Å². The first kappa shape index (κ1) is 12.0. The zero-order valence-electron chi connectivity index (χ0n) is 10.2. The number of hydrogen-bond acceptors (Lipinski definition) is 3. The number of hydrogen-bond donors (Lipinski definition) is 0. The Balaban J connectivity index is 2.04. The van der Waals surface area contributed by atoms with E-state index in [0.29, 0.717) is 10.4 Å². The fourth-order valence-corrected chi connectivity index (χ4v) is 2.91. The number of carbonyl (C=O) groups is 1. The van der Waals surface area contributed by atoms with Gasteiger partial charge in [-0.25, -0.2) is 4.39 Å². The van der Waals surface area contributed by atoms with Crippen LogP contribution < -0.4 is 0 Å². The van der Waals surface area contributed by atoms with Crippen LogP contribution in [0, 0.1) is 12.7 Å².